The second kappa shape index (κ2) is 7.66. The van der Waals surface area contributed by atoms with Gasteiger partial charge in [0.2, 0.25) is 0 Å². The van der Waals surface area contributed by atoms with Gasteiger partial charge in [-0.2, -0.15) is 0 Å². The molecule has 0 saturated carbocycles. The molecule has 1 fully saturated rings. The highest BCUT2D eigenvalue weighted by Gasteiger charge is 2.20. The Morgan fingerprint density at radius 2 is 2.39 bits per heavy atom. The van der Waals surface area contributed by atoms with Gasteiger partial charge in [-0.05, 0) is 43.5 Å². The fraction of sp³-hybridized carbons (Fsp3) is 0.412. The van der Waals surface area contributed by atoms with Gasteiger partial charge in [0.15, 0.2) is 0 Å². The number of amides is 1. The van der Waals surface area contributed by atoms with E-state index in [4.69, 9.17) is 0 Å². The number of benzene rings is 1. The van der Waals surface area contributed by atoms with Crippen LogP contribution in [0.3, 0.4) is 0 Å². The van der Waals surface area contributed by atoms with Gasteiger partial charge in [-0.1, -0.05) is 12.1 Å². The minimum Gasteiger partial charge on any atom is -0.350 e. The molecule has 1 atom stereocenters. The smallest absolute Gasteiger partial charge is 0.270 e. The molecule has 0 aliphatic carbocycles. The minimum absolute atomic E-state index is 0.160. The van der Waals surface area contributed by atoms with Crippen LogP contribution in [-0.4, -0.2) is 30.5 Å². The molecule has 1 aromatic carbocycles. The van der Waals surface area contributed by atoms with Crippen LogP contribution >= 0.6 is 11.3 Å². The SMILES string of the molecule is O=C(NCCc1cccc(F)c1)c1csc(C2CCCNC2)n1. The van der Waals surface area contributed by atoms with Gasteiger partial charge in [-0.3, -0.25) is 4.79 Å². The first kappa shape index (κ1) is 16.1. The molecule has 1 saturated heterocycles. The number of carbonyl (C=O) groups excluding carboxylic acids is 1. The number of nitrogens with zero attached hydrogens (tertiary/aromatic N) is 1. The Morgan fingerprint density at radius 1 is 1.48 bits per heavy atom. The molecule has 3 rings (SSSR count). The molecule has 0 bridgehead atoms. The summed E-state index contributed by atoms with van der Waals surface area (Å²) in [5.74, 6) is 0.00864. The lowest BCUT2D eigenvalue weighted by Gasteiger charge is -2.20. The zero-order valence-corrected chi connectivity index (χ0v) is 13.7. The first-order valence-corrected chi connectivity index (χ1v) is 8.79. The van der Waals surface area contributed by atoms with Crippen LogP contribution in [0.4, 0.5) is 4.39 Å². The van der Waals surface area contributed by atoms with E-state index in [0.29, 0.717) is 24.6 Å². The van der Waals surface area contributed by atoms with E-state index in [-0.39, 0.29) is 11.7 Å². The molecule has 1 aliphatic heterocycles. The minimum atomic E-state index is -0.251. The number of piperidine rings is 1. The predicted octanol–water partition coefficient (Wildman–Crippen LogP) is 2.72. The maximum absolute atomic E-state index is 13.1. The summed E-state index contributed by atoms with van der Waals surface area (Å²) in [5, 5.41) is 9.07. The summed E-state index contributed by atoms with van der Waals surface area (Å²) in [4.78, 5) is 16.6. The van der Waals surface area contributed by atoms with Crippen LogP contribution in [0.2, 0.25) is 0 Å². The average molecular weight is 333 g/mol. The molecule has 4 nitrogen and oxygen atoms in total. The van der Waals surface area contributed by atoms with Crippen LogP contribution in [0.25, 0.3) is 0 Å². The summed E-state index contributed by atoms with van der Waals surface area (Å²) >= 11 is 1.55. The first-order chi connectivity index (χ1) is 11.2. The molecule has 0 spiro atoms. The Kier molecular flexibility index (Phi) is 5.35. The van der Waals surface area contributed by atoms with Crippen LogP contribution in [0.15, 0.2) is 29.6 Å². The van der Waals surface area contributed by atoms with Crippen molar-refractivity contribution in [2.45, 2.75) is 25.2 Å². The van der Waals surface area contributed by atoms with Crippen molar-refractivity contribution in [1.29, 1.82) is 0 Å². The van der Waals surface area contributed by atoms with E-state index in [1.807, 2.05) is 11.4 Å². The summed E-state index contributed by atoms with van der Waals surface area (Å²) in [6.45, 7) is 2.48. The van der Waals surface area contributed by atoms with Crippen molar-refractivity contribution in [3.05, 3.63) is 51.7 Å². The van der Waals surface area contributed by atoms with Gasteiger partial charge in [-0.25, -0.2) is 9.37 Å². The van der Waals surface area contributed by atoms with E-state index in [2.05, 4.69) is 15.6 Å². The van der Waals surface area contributed by atoms with Gasteiger partial charge >= 0.3 is 0 Å². The van der Waals surface area contributed by atoms with Gasteiger partial charge in [0, 0.05) is 24.4 Å². The highest BCUT2D eigenvalue weighted by molar-refractivity contribution is 7.09. The average Bonchev–Trinajstić information content (AvgIpc) is 3.06. The molecule has 122 valence electrons. The van der Waals surface area contributed by atoms with Gasteiger partial charge in [-0.15, -0.1) is 11.3 Å². The van der Waals surface area contributed by atoms with E-state index in [1.165, 1.54) is 12.1 Å². The Hall–Kier alpha value is -1.79. The topological polar surface area (TPSA) is 54.0 Å². The van der Waals surface area contributed by atoms with Gasteiger partial charge in [0.1, 0.15) is 11.5 Å². The summed E-state index contributed by atoms with van der Waals surface area (Å²) in [6.07, 6.45) is 2.88. The van der Waals surface area contributed by atoms with E-state index in [0.717, 1.165) is 36.5 Å². The fourth-order valence-electron chi connectivity index (χ4n) is 2.75. The third-order valence-corrected chi connectivity index (χ3v) is 5.00. The Bertz CT molecular complexity index is 667. The van der Waals surface area contributed by atoms with E-state index >= 15 is 0 Å². The van der Waals surface area contributed by atoms with Crippen LogP contribution in [0.5, 0.6) is 0 Å². The van der Waals surface area contributed by atoms with Crippen LogP contribution in [-0.2, 0) is 6.42 Å². The standard InChI is InChI=1S/C17H20FN3OS/c18-14-5-1-3-12(9-14)6-8-20-16(22)15-11-23-17(21-15)13-4-2-7-19-10-13/h1,3,5,9,11,13,19H,2,4,6-8,10H2,(H,20,22). The van der Waals surface area contributed by atoms with Gasteiger partial charge < -0.3 is 10.6 Å². The monoisotopic (exact) mass is 333 g/mol. The molecule has 1 aliphatic rings. The molecular weight excluding hydrogens is 313 g/mol. The summed E-state index contributed by atoms with van der Waals surface area (Å²) < 4.78 is 13.1. The predicted molar refractivity (Wildman–Crippen MR) is 89.4 cm³/mol. The first-order valence-electron chi connectivity index (χ1n) is 7.91. The van der Waals surface area contributed by atoms with Gasteiger partial charge in [0.25, 0.3) is 5.91 Å². The van der Waals surface area contributed by atoms with Crippen LogP contribution < -0.4 is 10.6 Å². The maximum Gasteiger partial charge on any atom is 0.270 e. The van der Waals surface area contributed by atoms with Crippen molar-refractivity contribution in [1.82, 2.24) is 15.6 Å². The van der Waals surface area contributed by atoms with Crippen molar-refractivity contribution >= 4 is 17.2 Å². The zero-order chi connectivity index (χ0) is 16.1. The molecule has 2 heterocycles. The summed E-state index contributed by atoms with van der Waals surface area (Å²) in [5.41, 5.74) is 1.35. The van der Waals surface area contributed by atoms with Crippen molar-refractivity contribution in [2.24, 2.45) is 0 Å². The number of nitrogens with one attached hydrogen (secondary N) is 2. The lowest BCUT2D eigenvalue weighted by molar-refractivity contribution is 0.0949. The van der Waals surface area contributed by atoms with Crippen LogP contribution in [0, 0.1) is 5.82 Å². The third kappa shape index (κ3) is 4.36. The quantitative estimate of drug-likeness (QED) is 0.885. The number of rotatable bonds is 5. The number of hydrogen-bond donors (Lipinski definition) is 2. The normalized spacial score (nSPS) is 17.9. The summed E-state index contributed by atoms with van der Waals surface area (Å²) in [7, 11) is 0. The third-order valence-electron chi connectivity index (χ3n) is 3.99. The molecule has 6 heteroatoms. The maximum atomic E-state index is 13.1. The second-order valence-corrected chi connectivity index (χ2v) is 6.64. The van der Waals surface area contributed by atoms with Gasteiger partial charge in [0.05, 0.1) is 5.01 Å². The zero-order valence-electron chi connectivity index (χ0n) is 12.8. The Balaban J connectivity index is 1.51. The van der Waals surface area contributed by atoms with Crippen LogP contribution in [0.1, 0.15) is 39.8 Å². The Labute approximate surface area is 139 Å². The number of aromatic nitrogens is 1. The van der Waals surface area contributed by atoms with Crippen molar-refractivity contribution < 1.29 is 9.18 Å². The molecule has 2 aromatic rings. The van der Waals surface area contributed by atoms with Crippen molar-refractivity contribution in [3.63, 3.8) is 0 Å². The lowest BCUT2D eigenvalue weighted by Crippen LogP contribution is -2.29. The summed E-state index contributed by atoms with van der Waals surface area (Å²) in [6, 6.07) is 6.44. The van der Waals surface area contributed by atoms with E-state index in [9.17, 15) is 9.18 Å². The molecule has 1 aromatic heterocycles. The Morgan fingerprint density at radius 3 is 3.17 bits per heavy atom. The highest BCUT2D eigenvalue weighted by atomic mass is 32.1. The van der Waals surface area contributed by atoms with E-state index < -0.39 is 0 Å². The molecular formula is C17H20FN3OS. The number of carbonyl (C=O) groups is 1. The number of thiazole rings is 1. The lowest BCUT2D eigenvalue weighted by atomic mass is 10.0. The van der Waals surface area contributed by atoms with Crippen molar-refractivity contribution in [2.75, 3.05) is 19.6 Å². The largest absolute Gasteiger partial charge is 0.350 e. The fourth-order valence-corrected chi connectivity index (χ4v) is 3.68. The molecule has 0 radical (unpaired) electrons. The van der Waals surface area contributed by atoms with E-state index in [1.54, 1.807) is 17.4 Å². The molecule has 2 N–H and O–H groups in total. The number of halogens is 1. The molecule has 23 heavy (non-hydrogen) atoms. The highest BCUT2D eigenvalue weighted by Crippen LogP contribution is 2.26. The van der Waals surface area contributed by atoms with Crippen molar-refractivity contribution in [3.8, 4) is 0 Å². The molecule has 1 unspecified atom stereocenters. The molecule has 1 amide bonds. The second-order valence-electron chi connectivity index (χ2n) is 5.75. The number of hydrogen-bond acceptors (Lipinski definition) is 4.